The zero-order valence-corrected chi connectivity index (χ0v) is 13.7. The number of hydrogen-bond acceptors (Lipinski definition) is 4. The van der Waals surface area contributed by atoms with Crippen molar-refractivity contribution in [3.8, 4) is 5.75 Å². The summed E-state index contributed by atoms with van der Waals surface area (Å²) in [5.41, 5.74) is 0.718. The number of carbonyl (C=O) groups excluding carboxylic acids is 1. The third kappa shape index (κ3) is 4.44. The van der Waals surface area contributed by atoms with Gasteiger partial charge in [0.05, 0.1) is 18.6 Å². The molecule has 0 aromatic heterocycles. The van der Waals surface area contributed by atoms with Crippen molar-refractivity contribution in [2.75, 3.05) is 26.7 Å². The molecule has 1 aromatic rings. The zero-order chi connectivity index (χ0) is 16.0. The van der Waals surface area contributed by atoms with Crippen LogP contribution in [-0.2, 0) is 14.8 Å². The van der Waals surface area contributed by atoms with E-state index >= 15 is 0 Å². The molecule has 1 N–H and O–H groups in total. The first-order valence-electron chi connectivity index (χ1n) is 6.77. The van der Waals surface area contributed by atoms with Crippen molar-refractivity contribution in [3.63, 3.8) is 0 Å². The average Bonchev–Trinajstić information content (AvgIpc) is 2.46. The van der Waals surface area contributed by atoms with Crippen LogP contribution in [0, 0.1) is 6.92 Å². The first kappa shape index (κ1) is 17.5. The van der Waals surface area contributed by atoms with Crippen LogP contribution in [0.2, 0.25) is 0 Å². The maximum Gasteiger partial charge on any atom is 0.241 e. The fourth-order valence-corrected chi connectivity index (χ4v) is 3.01. The van der Waals surface area contributed by atoms with Crippen LogP contribution in [0.5, 0.6) is 5.75 Å². The van der Waals surface area contributed by atoms with E-state index in [0.29, 0.717) is 18.8 Å². The summed E-state index contributed by atoms with van der Waals surface area (Å²) < 4.78 is 31.8. The lowest BCUT2D eigenvalue weighted by Gasteiger charge is -2.18. The Hall–Kier alpha value is -1.60. The first-order valence-corrected chi connectivity index (χ1v) is 8.26. The predicted molar refractivity (Wildman–Crippen MR) is 80.8 cm³/mol. The van der Waals surface area contributed by atoms with E-state index in [-0.39, 0.29) is 17.3 Å². The predicted octanol–water partition coefficient (Wildman–Crippen LogP) is 1.15. The zero-order valence-electron chi connectivity index (χ0n) is 12.8. The summed E-state index contributed by atoms with van der Waals surface area (Å²) in [5.74, 6) is 0.377. The molecule has 0 bridgehead atoms. The molecular weight excluding hydrogens is 292 g/mol. The fraction of sp³-hybridized carbons (Fsp3) is 0.500. The molecule has 0 aliphatic carbocycles. The number of nitrogens with zero attached hydrogens (tertiary/aromatic N) is 1. The number of sulfonamides is 1. The Kier molecular flexibility index (Phi) is 6.17. The molecule has 0 heterocycles. The molecule has 0 aliphatic rings. The number of aryl methyl sites for hydroxylation is 1. The van der Waals surface area contributed by atoms with Crippen LogP contribution in [-0.4, -0.2) is 46.0 Å². The summed E-state index contributed by atoms with van der Waals surface area (Å²) in [7, 11) is -2.18. The molecule has 0 unspecified atom stereocenters. The lowest BCUT2D eigenvalue weighted by molar-refractivity contribution is -0.129. The number of benzene rings is 1. The molecule has 0 saturated carbocycles. The van der Waals surface area contributed by atoms with Gasteiger partial charge in [-0.3, -0.25) is 4.79 Å². The van der Waals surface area contributed by atoms with Gasteiger partial charge < -0.3 is 9.64 Å². The fourth-order valence-electron chi connectivity index (χ4n) is 1.95. The van der Waals surface area contributed by atoms with Crippen LogP contribution in [0.15, 0.2) is 23.1 Å². The van der Waals surface area contributed by atoms with Crippen LogP contribution in [0.1, 0.15) is 19.4 Å². The van der Waals surface area contributed by atoms with Gasteiger partial charge in [-0.05, 0) is 44.5 Å². The van der Waals surface area contributed by atoms with E-state index in [0.717, 1.165) is 5.56 Å². The monoisotopic (exact) mass is 314 g/mol. The normalized spacial score (nSPS) is 11.2. The molecule has 21 heavy (non-hydrogen) atoms. The number of likely N-dealkylation sites (N-methyl/N-ethyl adjacent to an activating group) is 1. The molecule has 0 saturated heterocycles. The summed E-state index contributed by atoms with van der Waals surface area (Å²) in [6, 6.07) is 4.56. The largest absolute Gasteiger partial charge is 0.496 e. The average molecular weight is 314 g/mol. The molecule has 1 amide bonds. The quantitative estimate of drug-likeness (QED) is 0.819. The number of ether oxygens (including phenoxy) is 1. The van der Waals surface area contributed by atoms with Crippen LogP contribution in [0.25, 0.3) is 0 Å². The lowest BCUT2D eigenvalue weighted by Crippen LogP contribution is -2.39. The number of carbonyl (C=O) groups is 1. The van der Waals surface area contributed by atoms with Gasteiger partial charge in [-0.15, -0.1) is 0 Å². The van der Waals surface area contributed by atoms with E-state index in [1.165, 1.54) is 19.2 Å². The Morgan fingerprint density at radius 2 is 1.90 bits per heavy atom. The van der Waals surface area contributed by atoms with Crippen LogP contribution >= 0.6 is 0 Å². The van der Waals surface area contributed by atoms with E-state index in [4.69, 9.17) is 4.74 Å². The lowest BCUT2D eigenvalue weighted by atomic mass is 10.2. The molecule has 0 aliphatic heterocycles. The van der Waals surface area contributed by atoms with Crippen LogP contribution < -0.4 is 9.46 Å². The van der Waals surface area contributed by atoms with E-state index < -0.39 is 10.0 Å². The van der Waals surface area contributed by atoms with Crippen molar-refractivity contribution in [3.05, 3.63) is 23.8 Å². The van der Waals surface area contributed by atoms with Gasteiger partial charge in [0, 0.05) is 13.1 Å². The molecule has 0 spiro atoms. The Bertz CT molecular complexity index is 595. The highest BCUT2D eigenvalue weighted by Gasteiger charge is 2.18. The van der Waals surface area contributed by atoms with Crippen molar-refractivity contribution in [2.24, 2.45) is 0 Å². The van der Waals surface area contributed by atoms with E-state index in [2.05, 4.69) is 4.72 Å². The second kappa shape index (κ2) is 7.42. The minimum Gasteiger partial charge on any atom is -0.496 e. The van der Waals surface area contributed by atoms with Gasteiger partial charge in [0.25, 0.3) is 0 Å². The molecule has 6 nitrogen and oxygen atoms in total. The number of rotatable bonds is 7. The Morgan fingerprint density at radius 1 is 1.29 bits per heavy atom. The maximum absolute atomic E-state index is 12.2. The smallest absolute Gasteiger partial charge is 0.241 e. The highest BCUT2D eigenvalue weighted by Crippen LogP contribution is 2.21. The number of amides is 1. The second-order valence-electron chi connectivity index (χ2n) is 4.52. The third-order valence-electron chi connectivity index (χ3n) is 3.21. The maximum atomic E-state index is 12.2. The number of nitrogens with one attached hydrogen (secondary N) is 1. The van der Waals surface area contributed by atoms with E-state index in [9.17, 15) is 13.2 Å². The SMILES string of the molecule is CCN(CC)C(=O)CNS(=O)(=O)c1ccc(OC)c(C)c1. The van der Waals surface area contributed by atoms with Gasteiger partial charge in [0.2, 0.25) is 15.9 Å². The van der Waals surface area contributed by atoms with E-state index in [1.54, 1.807) is 17.9 Å². The molecule has 0 atom stereocenters. The summed E-state index contributed by atoms with van der Waals surface area (Å²) in [5, 5.41) is 0. The van der Waals surface area contributed by atoms with Gasteiger partial charge in [-0.2, -0.15) is 0 Å². The van der Waals surface area contributed by atoms with Gasteiger partial charge >= 0.3 is 0 Å². The van der Waals surface area contributed by atoms with Gasteiger partial charge in [0.15, 0.2) is 0 Å². The Labute approximate surface area is 126 Å². The van der Waals surface area contributed by atoms with Crippen molar-refractivity contribution in [1.82, 2.24) is 9.62 Å². The first-order chi connectivity index (χ1) is 9.85. The summed E-state index contributed by atoms with van der Waals surface area (Å²) in [4.78, 5) is 13.5. The summed E-state index contributed by atoms with van der Waals surface area (Å²) >= 11 is 0. The molecule has 118 valence electrons. The standard InChI is InChI=1S/C14H22N2O4S/c1-5-16(6-2)14(17)10-15-21(18,19)12-7-8-13(20-4)11(3)9-12/h7-9,15H,5-6,10H2,1-4H3. The van der Waals surface area contributed by atoms with Gasteiger partial charge in [0.1, 0.15) is 5.75 Å². The minimum absolute atomic E-state index is 0.119. The van der Waals surface area contributed by atoms with Crippen molar-refractivity contribution < 1.29 is 17.9 Å². The van der Waals surface area contributed by atoms with Crippen LogP contribution in [0.4, 0.5) is 0 Å². The van der Waals surface area contributed by atoms with Crippen molar-refractivity contribution in [1.29, 1.82) is 0 Å². The molecule has 0 fully saturated rings. The second-order valence-corrected chi connectivity index (χ2v) is 6.29. The Morgan fingerprint density at radius 3 is 2.38 bits per heavy atom. The highest BCUT2D eigenvalue weighted by atomic mass is 32.2. The van der Waals surface area contributed by atoms with E-state index in [1.807, 2.05) is 13.8 Å². The topological polar surface area (TPSA) is 75.7 Å². The minimum atomic E-state index is -3.71. The van der Waals surface area contributed by atoms with Crippen molar-refractivity contribution >= 4 is 15.9 Å². The Balaban J connectivity index is 2.83. The van der Waals surface area contributed by atoms with Crippen LogP contribution in [0.3, 0.4) is 0 Å². The molecule has 1 rings (SSSR count). The summed E-state index contributed by atoms with van der Waals surface area (Å²) in [6.07, 6.45) is 0. The number of methoxy groups -OCH3 is 1. The van der Waals surface area contributed by atoms with Crippen molar-refractivity contribution in [2.45, 2.75) is 25.7 Å². The van der Waals surface area contributed by atoms with Gasteiger partial charge in [-0.25, -0.2) is 13.1 Å². The molecule has 0 radical (unpaired) electrons. The molecule has 7 heteroatoms. The molecule has 1 aromatic carbocycles. The summed E-state index contributed by atoms with van der Waals surface area (Å²) in [6.45, 7) is 6.33. The third-order valence-corrected chi connectivity index (χ3v) is 4.61. The molecular formula is C14H22N2O4S. The highest BCUT2D eigenvalue weighted by molar-refractivity contribution is 7.89. The van der Waals surface area contributed by atoms with Gasteiger partial charge in [-0.1, -0.05) is 0 Å². The number of hydrogen-bond donors (Lipinski definition) is 1.